The quantitative estimate of drug-likeness (QED) is 0.650. The fraction of sp³-hybridized carbons (Fsp3) is 0.462. The molecule has 4 heteroatoms. The van der Waals surface area contributed by atoms with Crippen LogP contribution in [0.25, 0.3) is 11.1 Å². The predicted octanol–water partition coefficient (Wildman–Crippen LogP) is 4.79. The van der Waals surface area contributed by atoms with Gasteiger partial charge in [0, 0.05) is 50.6 Å². The van der Waals surface area contributed by atoms with Crippen LogP contribution in [-0.4, -0.2) is 53.7 Å². The van der Waals surface area contributed by atoms with Gasteiger partial charge in [-0.2, -0.15) is 0 Å². The van der Waals surface area contributed by atoms with Gasteiger partial charge in [-0.15, -0.1) is 0 Å². The van der Waals surface area contributed by atoms with Crippen LogP contribution >= 0.6 is 0 Å². The standard InChI is InChI=1S/C26H32N2O2/c29-25(23-13-11-22(12-14-23)21-7-3-1-4-8-21)15-16-26(30)28-19-17-27(18-20-28)24-9-5-2-6-10-24/h1,3-4,7-8,11-14,24H,2,5-6,9-10,15-20H2. The number of piperazine rings is 1. The molecule has 0 bridgehead atoms. The van der Waals surface area contributed by atoms with Gasteiger partial charge in [-0.3, -0.25) is 14.5 Å². The van der Waals surface area contributed by atoms with Gasteiger partial charge in [-0.25, -0.2) is 0 Å². The first kappa shape index (κ1) is 20.8. The van der Waals surface area contributed by atoms with Crippen LogP contribution in [0, 0.1) is 0 Å². The third-order valence-electron chi connectivity index (χ3n) is 6.64. The zero-order valence-electron chi connectivity index (χ0n) is 17.8. The zero-order valence-corrected chi connectivity index (χ0v) is 17.8. The van der Waals surface area contributed by atoms with E-state index in [1.54, 1.807) is 0 Å². The fourth-order valence-corrected chi connectivity index (χ4v) is 4.78. The molecule has 0 unspecified atom stereocenters. The van der Waals surface area contributed by atoms with E-state index in [4.69, 9.17) is 0 Å². The van der Waals surface area contributed by atoms with Crippen LogP contribution in [0.2, 0.25) is 0 Å². The van der Waals surface area contributed by atoms with Crippen LogP contribution in [0.1, 0.15) is 55.3 Å². The van der Waals surface area contributed by atoms with Crippen LogP contribution in [-0.2, 0) is 4.79 Å². The normalized spacial score (nSPS) is 18.3. The lowest BCUT2D eigenvalue weighted by Crippen LogP contribution is -2.52. The van der Waals surface area contributed by atoms with Crippen molar-refractivity contribution in [3.63, 3.8) is 0 Å². The van der Waals surface area contributed by atoms with Crippen LogP contribution < -0.4 is 0 Å². The van der Waals surface area contributed by atoms with Gasteiger partial charge in [0.15, 0.2) is 5.78 Å². The molecule has 0 atom stereocenters. The Morgan fingerprint density at radius 2 is 1.37 bits per heavy atom. The number of Topliss-reactive ketones (excluding diaryl/α,β-unsaturated/α-hetero) is 1. The first-order valence-electron chi connectivity index (χ1n) is 11.4. The highest BCUT2D eigenvalue weighted by atomic mass is 16.2. The van der Waals surface area contributed by atoms with Crippen molar-refractivity contribution in [3.8, 4) is 11.1 Å². The topological polar surface area (TPSA) is 40.6 Å². The molecule has 30 heavy (non-hydrogen) atoms. The fourth-order valence-electron chi connectivity index (χ4n) is 4.78. The molecular formula is C26H32N2O2. The Bertz CT molecular complexity index is 833. The second-order valence-electron chi connectivity index (χ2n) is 8.58. The minimum atomic E-state index is 0.0452. The lowest BCUT2D eigenvalue weighted by atomic mass is 9.94. The second-order valence-corrected chi connectivity index (χ2v) is 8.58. The van der Waals surface area contributed by atoms with Gasteiger partial charge < -0.3 is 4.90 Å². The molecule has 0 radical (unpaired) electrons. The molecule has 0 N–H and O–H groups in total. The van der Waals surface area contributed by atoms with E-state index in [0.29, 0.717) is 12.0 Å². The minimum absolute atomic E-state index is 0.0452. The highest BCUT2D eigenvalue weighted by Gasteiger charge is 2.27. The smallest absolute Gasteiger partial charge is 0.223 e. The van der Waals surface area contributed by atoms with Crippen LogP contribution in [0.15, 0.2) is 54.6 Å². The number of hydrogen-bond donors (Lipinski definition) is 0. The van der Waals surface area contributed by atoms with E-state index in [1.807, 2.05) is 47.4 Å². The zero-order chi connectivity index (χ0) is 20.8. The first-order chi connectivity index (χ1) is 14.7. The Balaban J connectivity index is 1.23. The summed E-state index contributed by atoms with van der Waals surface area (Å²) in [5.74, 6) is 0.163. The van der Waals surface area contributed by atoms with Gasteiger partial charge in [0.25, 0.3) is 0 Å². The molecule has 2 fully saturated rings. The Kier molecular flexibility index (Phi) is 6.96. The van der Waals surface area contributed by atoms with E-state index >= 15 is 0 Å². The lowest BCUT2D eigenvalue weighted by molar-refractivity contribution is -0.133. The highest BCUT2D eigenvalue weighted by Crippen LogP contribution is 2.24. The monoisotopic (exact) mass is 404 g/mol. The Morgan fingerprint density at radius 3 is 2.03 bits per heavy atom. The van der Waals surface area contributed by atoms with E-state index in [-0.39, 0.29) is 18.1 Å². The molecule has 0 spiro atoms. The molecule has 0 aromatic heterocycles. The summed E-state index contributed by atoms with van der Waals surface area (Å²) in [5.41, 5.74) is 2.92. The average Bonchev–Trinajstić information content (AvgIpc) is 2.83. The number of rotatable bonds is 6. The van der Waals surface area contributed by atoms with Crippen molar-refractivity contribution in [1.29, 1.82) is 0 Å². The Labute approximate surface area is 179 Å². The van der Waals surface area contributed by atoms with Gasteiger partial charge >= 0.3 is 0 Å². The van der Waals surface area contributed by atoms with Crippen molar-refractivity contribution in [2.24, 2.45) is 0 Å². The van der Waals surface area contributed by atoms with Gasteiger partial charge in [-0.1, -0.05) is 73.9 Å². The summed E-state index contributed by atoms with van der Waals surface area (Å²) in [4.78, 5) is 29.7. The molecule has 4 nitrogen and oxygen atoms in total. The SMILES string of the molecule is O=C(CCC(=O)N1CCN(C2CCCCC2)CC1)c1ccc(-c2ccccc2)cc1. The molecule has 2 aromatic carbocycles. The maximum absolute atomic E-state index is 12.6. The van der Waals surface area contributed by atoms with Crippen LogP contribution in [0.3, 0.4) is 0 Å². The average molecular weight is 405 g/mol. The van der Waals surface area contributed by atoms with E-state index in [0.717, 1.165) is 43.3 Å². The Morgan fingerprint density at radius 1 is 0.733 bits per heavy atom. The molecule has 1 aliphatic carbocycles. The molecule has 1 heterocycles. The molecule has 4 rings (SSSR count). The van der Waals surface area contributed by atoms with Crippen LogP contribution in [0.4, 0.5) is 0 Å². The predicted molar refractivity (Wildman–Crippen MR) is 120 cm³/mol. The summed E-state index contributed by atoms with van der Waals surface area (Å²) in [6, 6.07) is 18.6. The van der Waals surface area contributed by atoms with Crippen molar-refractivity contribution in [1.82, 2.24) is 9.80 Å². The maximum Gasteiger partial charge on any atom is 0.223 e. The molecule has 1 saturated carbocycles. The van der Waals surface area contributed by atoms with Gasteiger partial charge in [0.1, 0.15) is 0 Å². The van der Waals surface area contributed by atoms with E-state index in [2.05, 4.69) is 17.0 Å². The molecule has 1 amide bonds. The van der Waals surface area contributed by atoms with Gasteiger partial charge in [0.2, 0.25) is 5.91 Å². The van der Waals surface area contributed by atoms with Crippen molar-refractivity contribution < 1.29 is 9.59 Å². The lowest BCUT2D eigenvalue weighted by Gasteiger charge is -2.40. The maximum atomic E-state index is 12.6. The largest absolute Gasteiger partial charge is 0.340 e. The minimum Gasteiger partial charge on any atom is -0.340 e. The third-order valence-corrected chi connectivity index (χ3v) is 6.64. The summed E-state index contributed by atoms with van der Waals surface area (Å²) >= 11 is 0. The number of nitrogens with zero attached hydrogens (tertiary/aromatic N) is 2. The molecule has 1 saturated heterocycles. The first-order valence-corrected chi connectivity index (χ1v) is 11.4. The van der Waals surface area contributed by atoms with Crippen LogP contribution in [0.5, 0.6) is 0 Å². The summed E-state index contributed by atoms with van der Waals surface area (Å²) in [5, 5.41) is 0. The third kappa shape index (κ3) is 5.17. The molecule has 1 aliphatic heterocycles. The molecular weight excluding hydrogens is 372 g/mol. The summed E-state index contributed by atoms with van der Waals surface area (Å²) < 4.78 is 0. The molecule has 158 valence electrons. The number of ketones is 1. The van der Waals surface area contributed by atoms with Gasteiger partial charge in [0.05, 0.1) is 0 Å². The number of amides is 1. The second kappa shape index (κ2) is 10.0. The van der Waals surface area contributed by atoms with E-state index in [1.165, 1.54) is 32.1 Å². The number of carbonyl (C=O) groups is 2. The number of carbonyl (C=O) groups excluding carboxylic acids is 2. The molecule has 2 aromatic rings. The van der Waals surface area contributed by atoms with E-state index in [9.17, 15) is 9.59 Å². The number of benzene rings is 2. The summed E-state index contributed by atoms with van der Waals surface area (Å²) in [6.45, 7) is 3.56. The van der Waals surface area contributed by atoms with E-state index < -0.39 is 0 Å². The summed E-state index contributed by atoms with van der Waals surface area (Å²) in [7, 11) is 0. The summed E-state index contributed by atoms with van der Waals surface area (Å²) in [6.07, 6.45) is 7.28. The van der Waals surface area contributed by atoms with Crippen molar-refractivity contribution >= 4 is 11.7 Å². The van der Waals surface area contributed by atoms with Crippen molar-refractivity contribution in [2.45, 2.75) is 51.0 Å². The van der Waals surface area contributed by atoms with Crippen molar-refractivity contribution in [3.05, 3.63) is 60.2 Å². The Hall–Kier alpha value is -2.46. The number of hydrogen-bond acceptors (Lipinski definition) is 3. The highest BCUT2D eigenvalue weighted by molar-refractivity contribution is 5.98. The molecule has 2 aliphatic rings. The van der Waals surface area contributed by atoms with Gasteiger partial charge in [-0.05, 0) is 24.0 Å². The van der Waals surface area contributed by atoms with Crippen molar-refractivity contribution in [2.75, 3.05) is 26.2 Å².